The Hall–Kier alpha value is -3.79. The molecule has 0 spiro atoms. The highest BCUT2D eigenvalue weighted by Crippen LogP contribution is 2.17. The van der Waals surface area contributed by atoms with E-state index in [0.717, 1.165) is 83.5 Å². The zero-order valence-corrected chi connectivity index (χ0v) is 48.9. The van der Waals surface area contributed by atoms with Crippen LogP contribution in [0.3, 0.4) is 0 Å². The van der Waals surface area contributed by atoms with Crippen LogP contribution in [0.1, 0.15) is 245 Å². The lowest BCUT2D eigenvalue weighted by Crippen LogP contribution is -2.44. The van der Waals surface area contributed by atoms with Gasteiger partial charge in [0.25, 0.3) is 0 Å². The molecule has 0 fully saturated rings. The van der Waals surface area contributed by atoms with E-state index in [1.54, 1.807) is 0 Å². The van der Waals surface area contributed by atoms with Gasteiger partial charge in [0.1, 0.15) is 13.2 Å². The molecule has 9 nitrogen and oxygen atoms in total. The summed E-state index contributed by atoms with van der Waals surface area (Å²) in [5.74, 6) is -2.34. The first-order chi connectivity index (χ1) is 36.6. The fourth-order valence-corrected chi connectivity index (χ4v) is 8.23. The van der Waals surface area contributed by atoms with Crippen LogP contribution in [0.5, 0.6) is 0 Å². The third-order valence-electron chi connectivity index (χ3n) is 12.8. The average molecular weight is 1050 g/mol. The number of carboxylic acid groups (broad SMARTS) is 1. The van der Waals surface area contributed by atoms with Crippen molar-refractivity contribution in [3.8, 4) is 0 Å². The average Bonchev–Trinajstić information content (AvgIpc) is 3.38. The van der Waals surface area contributed by atoms with Crippen molar-refractivity contribution in [1.29, 1.82) is 0 Å². The van der Waals surface area contributed by atoms with Crippen LogP contribution in [0, 0.1) is 0 Å². The van der Waals surface area contributed by atoms with E-state index >= 15 is 0 Å². The third kappa shape index (κ3) is 57.7. The highest BCUT2D eigenvalue weighted by atomic mass is 16.7. The Kier molecular flexibility index (Phi) is 53.6. The predicted octanol–water partition coefficient (Wildman–Crippen LogP) is 16.8. The minimum atomic E-state index is -1.63. The van der Waals surface area contributed by atoms with E-state index < -0.39 is 30.3 Å². The number of carboxylic acids is 1. The molecule has 0 aliphatic heterocycles. The van der Waals surface area contributed by atoms with Crippen molar-refractivity contribution < 1.29 is 42.9 Å². The number of ether oxygens (including phenoxy) is 4. The lowest BCUT2D eigenvalue weighted by atomic mass is 10.0. The molecule has 0 amide bonds. The number of esters is 2. The third-order valence-corrected chi connectivity index (χ3v) is 12.8. The topological polar surface area (TPSA) is 111 Å². The Labute approximate surface area is 461 Å². The summed E-state index contributed by atoms with van der Waals surface area (Å²) >= 11 is 0. The maximum atomic E-state index is 12.9. The summed E-state index contributed by atoms with van der Waals surface area (Å²) in [6, 6.07) is 0. The normalized spacial score (nSPS) is 13.5. The molecule has 0 aliphatic rings. The van der Waals surface area contributed by atoms with Gasteiger partial charge in [0.15, 0.2) is 12.4 Å². The number of allylic oxidation sites excluding steroid dienone is 16. The van der Waals surface area contributed by atoms with Gasteiger partial charge in [0.05, 0.1) is 40.3 Å². The lowest BCUT2D eigenvalue weighted by Gasteiger charge is -2.26. The molecule has 9 heteroatoms. The molecule has 0 N–H and O–H groups in total. The summed E-state index contributed by atoms with van der Waals surface area (Å²) in [6.45, 7) is 4.48. The number of hydrogen-bond donors (Lipinski definition) is 0. The predicted molar refractivity (Wildman–Crippen MR) is 315 cm³/mol. The van der Waals surface area contributed by atoms with E-state index in [-0.39, 0.29) is 32.7 Å². The monoisotopic (exact) mass is 1050 g/mol. The molecule has 0 aliphatic carbocycles. The van der Waals surface area contributed by atoms with Crippen LogP contribution < -0.4 is 5.11 Å². The number of quaternary nitrogens is 1. The standard InChI is InChI=1S/C66H113NO8/c1-6-8-10-12-14-16-18-20-22-23-24-25-26-27-28-29-30-31-32-33-34-35-36-37-38-39-40-41-43-45-47-49-51-53-55-57-64(69)75-62(61-74-66(65(70)71)72-59-58-67(3,4)5)60-73-63(68)56-54-52-50-48-46-44-42-21-19-17-15-13-11-9-7-2/h8-11,14-17,20-22,24-25,42,46,48,62,66H,6-7,12-13,18-19,23,26-41,43-45,47,49-61H2,1-5H3/b10-8-,11-9-,16-14-,17-15-,22-20-,25-24-,42-21-,48-46-. The van der Waals surface area contributed by atoms with E-state index in [2.05, 4.69) is 111 Å². The van der Waals surface area contributed by atoms with Gasteiger partial charge in [-0.3, -0.25) is 9.59 Å². The molecule has 2 unspecified atom stereocenters. The Morgan fingerprint density at radius 3 is 1.09 bits per heavy atom. The zero-order chi connectivity index (χ0) is 54.8. The molecule has 0 saturated heterocycles. The van der Waals surface area contributed by atoms with Crippen molar-refractivity contribution in [1.82, 2.24) is 0 Å². The van der Waals surface area contributed by atoms with Gasteiger partial charge in [-0.2, -0.15) is 0 Å². The van der Waals surface area contributed by atoms with Gasteiger partial charge in [-0.1, -0.05) is 239 Å². The van der Waals surface area contributed by atoms with Crippen LogP contribution in [-0.2, 0) is 33.3 Å². The molecule has 0 aromatic heterocycles. The number of hydrogen-bond acceptors (Lipinski definition) is 8. The minimum absolute atomic E-state index is 0.138. The molecule has 75 heavy (non-hydrogen) atoms. The van der Waals surface area contributed by atoms with Crippen molar-refractivity contribution >= 4 is 17.9 Å². The van der Waals surface area contributed by atoms with Crippen LogP contribution >= 0.6 is 0 Å². The van der Waals surface area contributed by atoms with Crippen LogP contribution in [0.2, 0.25) is 0 Å². The van der Waals surface area contributed by atoms with E-state index in [1.807, 2.05) is 21.1 Å². The molecule has 2 atom stereocenters. The van der Waals surface area contributed by atoms with Gasteiger partial charge < -0.3 is 33.3 Å². The van der Waals surface area contributed by atoms with Gasteiger partial charge in [-0.25, -0.2) is 0 Å². The second-order valence-electron chi connectivity index (χ2n) is 21.2. The van der Waals surface area contributed by atoms with Crippen molar-refractivity contribution in [3.63, 3.8) is 0 Å². The lowest BCUT2D eigenvalue weighted by molar-refractivity contribution is -0.870. The molecule has 0 aromatic rings. The Morgan fingerprint density at radius 1 is 0.400 bits per heavy atom. The summed E-state index contributed by atoms with van der Waals surface area (Å²) in [5.41, 5.74) is 0. The molecule has 0 heterocycles. The first-order valence-corrected chi connectivity index (χ1v) is 30.4. The smallest absolute Gasteiger partial charge is 0.306 e. The highest BCUT2D eigenvalue weighted by molar-refractivity contribution is 5.70. The van der Waals surface area contributed by atoms with E-state index in [1.165, 1.54) is 122 Å². The second kappa shape index (κ2) is 56.4. The summed E-state index contributed by atoms with van der Waals surface area (Å²) < 4.78 is 22.6. The fraction of sp³-hybridized carbons (Fsp3) is 0.712. The molecule has 0 bridgehead atoms. The summed E-state index contributed by atoms with van der Waals surface area (Å²) in [6.07, 6.45) is 73.5. The summed E-state index contributed by atoms with van der Waals surface area (Å²) in [5, 5.41) is 11.8. The maximum absolute atomic E-state index is 12.9. The van der Waals surface area contributed by atoms with Crippen molar-refractivity contribution in [2.24, 2.45) is 0 Å². The van der Waals surface area contributed by atoms with Crippen molar-refractivity contribution in [2.75, 3.05) is 47.5 Å². The number of carbonyl (C=O) groups is 3. The number of aliphatic carboxylic acids is 1. The van der Waals surface area contributed by atoms with Gasteiger partial charge in [0, 0.05) is 12.8 Å². The highest BCUT2D eigenvalue weighted by Gasteiger charge is 2.22. The van der Waals surface area contributed by atoms with Crippen molar-refractivity contribution in [2.45, 2.75) is 257 Å². The molecule has 0 aromatic carbocycles. The van der Waals surface area contributed by atoms with Gasteiger partial charge in [0.2, 0.25) is 0 Å². The SMILES string of the molecule is CC/C=C\C/C=C\C/C=C\C/C=C\CCCCCCCCCCCCCCCCCCCCCCCCC(=O)OC(COC(=O)CCCC/C=C\C/C=C\C/C=C\C/C=C\CC)COC(OCC[N+](C)(C)C)C(=O)[O-]. The minimum Gasteiger partial charge on any atom is -0.545 e. The molecule has 430 valence electrons. The van der Waals surface area contributed by atoms with E-state index in [0.29, 0.717) is 23.9 Å². The number of rotatable bonds is 55. The van der Waals surface area contributed by atoms with Crippen LogP contribution in [-0.4, -0.2) is 82.3 Å². The quantitative estimate of drug-likeness (QED) is 0.0195. The summed E-state index contributed by atoms with van der Waals surface area (Å²) in [7, 11) is 5.91. The molecule has 0 rings (SSSR count). The van der Waals surface area contributed by atoms with E-state index in [4.69, 9.17) is 18.9 Å². The first-order valence-electron chi connectivity index (χ1n) is 30.4. The van der Waals surface area contributed by atoms with Crippen LogP contribution in [0.15, 0.2) is 97.2 Å². The van der Waals surface area contributed by atoms with Gasteiger partial charge >= 0.3 is 11.9 Å². The molecule has 0 saturated carbocycles. The largest absolute Gasteiger partial charge is 0.545 e. The number of unbranched alkanes of at least 4 members (excludes halogenated alkanes) is 24. The van der Waals surface area contributed by atoms with Gasteiger partial charge in [-0.05, 0) is 89.9 Å². The van der Waals surface area contributed by atoms with Gasteiger partial charge in [-0.15, -0.1) is 0 Å². The Bertz CT molecular complexity index is 1550. The van der Waals surface area contributed by atoms with Crippen LogP contribution in [0.25, 0.3) is 0 Å². The second-order valence-corrected chi connectivity index (χ2v) is 21.2. The molecular formula is C66H113NO8. The summed E-state index contributed by atoms with van der Waals surface area (Å²) in [4.78, 5) is 37.2. The number of likely N-dealkylation sites (N-methyl/N-ethyl adjacent to an activating group) is 1. The van der Waals surface area contributed by atoms with Crippen LogP contribution in [0.4, 0.5) is 0 Å². The fourth-order valence-electron chi connectivity index (χ4n) is 8.23. The zero-order valence-electron chi connectivity index (χ0n) is 48.9. The number of carbonyl (C=O) groups excluding carboxylic acids is 3. The molecular weight excluding hydrogens is 935 g/mol. The molecule has 0 radical (unpaired) electrons. The Morgan fingerprint density at radius 2 is 0.720 bits per heavy atom. The Balaban J connectivity index is 4.08. The number of nitrogens with zero attached hydrogens (tertiary/aromatic N) is 1. The first kappa shape index (κ1) is 71.2. The van der Waals surface area contributed by atoms with E-state index in [9.17, 15) is 19.5 Å². The maximum Gasteiger partial charge on any atom is 0.306 e. The van der Waals surface area contributed by atoms with Crippen molar-refractivity contribution in [3.05, 3.63) is 97.2 Å².